The molecule has 0 aliphatic carbocycles. The molecule has 46 heavy (non-hydrogen) atoms. The van der Waals surface area contributed by atoms with Crippen LogP contribution in [-0.2, 0) is 32.9 Å². The molecule has 258 valence electrons. The number of allylic oxidation sites excluding steroid dienone is 2. The van der Waals surface area contributed by atoms with Gasteiger partial charge in [0.1, 0.15) is 43.5 Å². The maximum absolute atomic E-state index is 14.2. The molecule has 6 N–H and O–H groups in total. The predicted octanol–water partition coefficient (Wildman–Crippen LogP) is 1.66. The highest BCUT2D eigenvalue weighted by Crippen LogP contribution is 2.46. The molecule has 0 aromatic heterocycles. The summed E-state index contributed by atoms with van der Waals surface area (Å²) in [5, 5.41) is 43.6. The Morgan fingerprint density at radius 1 is 1.20 bits per heavy atom. The number of esters is 2. The number of nitrogens with one attached hydrogen (secondary N) is 2. The fourth-order valence-corrected chi connectivity index (χ4v) is 6.11. The standard InChI is InChI=1S/C29H48N7O9P/c1-11-12-20-23(31)32-17-33-36(20)29(16-30)28(10,40)22(37)21(45-29)15-44-46(41,34-18(2)13-42-24(38)26(4,5)6)35-19(3)14-43-25(39)27(7,8)9/h11-12,17-19,21-22,37,40H,1,13-15H2,2-10H3,(H2,31,32,33)(H2,34,35,41)/b20-12-/t18-,19-,21+,22+,28+,29+/m0/s1. The molecule has 2 aliphatic heterocycles. The van der Waals surface area contributed by atoms with Crippen molar-refractivity contribution in [2.75, 3.05) is 19.8 Å². The van der Waals surface area contributed by atoms with Gasteiger partial charge in [0.15, 0.2) is 11.4 Å². The summed E-state index contributed by atoms with van der Waals surface area (Å²) in [5.41, 5.74) is -0.0982. The van der Waals surface area contributed by atoms with Gasteiger partial charge in [0.2, 0.25) is 0 Å². The fraction of sp³-hybridized carbons (Fsp3) is 0.690. The molecule has 2 heterocycles. The maximum Gasteiger partial charge on any atom is 0.341 e. The van der Waals surface area contributed by atoms with E-state index < -0.39 is 72.7 Å². The van der Waals surface area contributed by atoms with Crippen LogP contribution in [0.25, 0.3) is 0 Å². The van der Waals surface area contributed by atoms with Crippen LogP contribution in [0.2, 0.25) is 0 Å². The molecule has 0 unspecified atom stereocenters. The minimum atomic E-state index is -4.11. The number of aliphatic hydroxyl groups is 2. The summed E-state index contributed by atoms with van der Waals surface area (Å²) in [7, 11) is -4.11. The second kappa shape index (κ2) is 14.7. The Balaban J connectivity index is 2.32. The first-order valence-electron chi connectivity index (χ1n) is 14.7. The van der Waals surface area contributed by atoms with E-state index in [1.54, 1.807) is 55.4 Å². The second-order valence-corrected chi connectivity index (χ2v) is 15.3. The summed E-state index contributed by atoms with van der Waals surface area (Å²) < 4.78 is 36.6. The zero-order valence-corrected chi connectivity index (χ0v) is 28.8. The van der Waals surface area contributed by atoms with Crippen LogP contribution in [0.3, 0.4) is 0 Å². The lowest BCUT2D eigenvalue weighted by molar-refractivity contribution is -0.172. The third-order valence-corrected chi connectivity index (χ3v) is 8.95. The van der Waals surface area contributed by atoms with Crippen LogP contribution >= 0.6 is 7.67 Å². The average molecular weight is 670 g/mol. The molecule has 0 aromatic rings. The summed E-state index contributed by atoms with van der Waals surface area (Å²) in [6.45, 7) is 17.2. The molecule has 16 nitrogen and oxygen atoms in total. The van der Waals surface area contributed by atoms with Crippen molar-refractivity contribution in [1.82, 2.24) is 15.2 Å². The second-order valence-electron chi connectivity index (χ2n) is 13.5. The number of hydrazone groups is 1. The number of hydrogen-bond acceptors (Lipinski definition) is 14. The third-order valence-electron chi connectivity index (χ3n) is 6.87. The number of amidine groups is 1. The Bertz CT molecular complexity index is 1290. The SMILES string of the molecule is C=C/C=C1/C(N)=NC=NN1[C@]1(C#N)O[C@H](COP(=O)(N[C@@H](C)COC(=O)C(C)(C)C)N[C@@H](C)COC(=O)C(C)(C)C)[C@@H](O)[C@@]1(C)O. The molecule has 1 saturated heterocycles. The number of aliphatic hydroxyl groups excluding tert-OH is 1. The first-order valence-corrected chi connectivity index (χ1v) is 16.3. The molecule has 2 aliphatic rings. The monoisotopic (exact) mass is 669 g/mol. The molecule has 0 spiro atoms. The van der Waals surface area contributed by atoms with Gasteiger partial charge in [-0.15, -0.1) is 0 Å². The van der Waals surface area contributed by atoms with E-state index in [2.05, 4.69) is 26.8 Å². The number of nitrogens with zero attached hydrogens (tertiary/aromatic N) is 4. The van der Waals surface area contributed by atoms with Crippen LogP contribution in [0.5, 0.6) is 0 Å². The molecule has 2 rings (SSSR count). The van der Waals surface area contributed by atoms with Gasteiger partial charge in [0.05, 0.1) is 17.4 Å². The van der Waals surface area contributed by atoms with Gasteiger partial charge in [-0.3, -0.25) is 14.2 Å². The first kappa shape index (κ1) is 39.0. The van der Waals surface area contributed by atoms with E-state index in [0.717, 1.165) is 11.3 Å². The van der Waals surface area contributed by atoms with Crippen LogP contribution in [0.4, 0.5) is 0 Å². The van der Waals surface area contributed by atoms with Crippen molar-refractivity contribution < 1.29 is 43.1 Å². The van der Waals surface area contributed by atoms with E-state index >= 15 is 0 Å². The molecular weight excluding hydrogens is 621 g/mol. The van der Waals surface area contributed by atoms with Gasteiger partial charge in [0.25, 0.3) is 5.72 Å². The molecule has 17 heteroatoms. The van der Waals surface area contributed by atoms with Gasteiger partial charge in [0, 0.05) is 12.1 Å². The topological polar surface area (TPSA) is 230 Å². The zero-order chi connectivity index (χ0) is 35.3. The van der Waals surface area contributed by atoms with Crippen LogP contribution in [0.15, 0.2) is 34.5 Å². The van der Waals surface area contributed by atoms with E-state index in [-0.39, 0.29) is 24.7 Å². The number of ether oxygens (including phenoxy) is 3. The van der Waals surface area contributed by atoms with E-state index in [4.69, 9.17) is 24.5 Å². The average Bonchev–Trinajstić information content (AvgIpc) is 3.14. The Morgan fingerprint density at radius 3 is 2.13 bits per heavy atom. The number of aliphatic imine (C=N–C) groups is 1. The largest absolute Gasteiger partial charge is 0.464 e. The number of carbonyl (C=O) groups excluding carboxylic acids is 2. The van der Waals surface area contributed by atoms with E-state index in [1.165, 1.54) is 19.1 Å². The molecule has 0 saturated carbocycles. The van der Waals surface area contributed by atoms with Crippen molar-refractivity contribution in [3.05, 3.63) is 24.4 Å². The summed E-state index contributed by atoms with van der Waals surface area (Å²) in [4.78, 5) is 28.5. The van der Waals surface area contributed by atoms with Gasteiger partial charge in [-0.1, -0.05) is 12.7 Å². The Kier molecular flexibility index (Phi) is 12.5. The first-order chi connectivity index (χ1) is 21.0. The fourth-order valence-electron chi connectivity index (χ4n) is 4.22. The highest BCUT2D eigenvalue weighted by molar-refractivity contribution is 7.54. The van der Waals surface area contributed by atoms with E-state index in [1.807, 2.05) is 6.07 Å². The minimum Gasteiger partial charge on any atom is -0.464 e. The van der Waals surface area contributed by atoms with Crippen molar-refractivity contribution >= 4 is 31.8 Å². The molecule has 0 radical (unpaired) electrons. The minimum absolute atomic E-state index is 0.0571. The number of carbonyl (C=O) groups is 2. The summed E-state index contributed by atoms with van der Waals surface area (Å²) in [6.07, 6.45) is 0.637. The smallest absolute Gasteiger partial charge is 0.341 e. The van der Waals surface area contributed by atoms with Gasteiger partial charge in [-0.25, -0.2) is 20.2 Å². The van der Waals surface area contributed by atoms with E-state index in [0.29, 0.717) is 0 Å². The van der Waals surface area contributed by atoms with E-state index in [9.17, 15) is 29.6 Å². The molecule has 0 bridgehead atoms. The van der Waals surface area contributed by atoms with Crippen molar-refractivity contribution in [1.29, 1.82) is 5.26 Å². The number of nitrogens with two attached hydrogens (primary N) is 1. The summed E-state index contributed by atoms with van der Waals surface area (Å²) in [6, 6.07) is 0.474. The quantitative estimate of drug-likeness (QED) is 0.139. The van der Waals surface area contributed by atoms with Gasteiger partial charge >= 0.3 is 19.6 Å². The van der Waals surface area contributed by atoms with Crippen LogP contribution in [0.1, 0.15) is 62.3 Å². The Hall–Kier alpha value is -3.16. The highest BCUT2D eigenvalue weighted by atomic mass is 31.2. The molecule has 1 fully saturated rings. The van der Waals surface area contributed by atoms with Crippen molar-refractivity contribution in [2.24, 2.45) is 26.7 Å². The number of nitriles is 1. The Labute approximate surface area is 270 Å². The predicted molar refractivity (Wildman–Crippen MR) is 170 cm³/mol. The number of hydrogen-bond donors (Lipinski definition) is 5. The zero-order valence-electron chi connectivity index (χ0n) is 27.9. The molecule has 6 atom stereocenters. The summed E-state index contributed by atoms with van der Waals surface area (Å²) in [5.74, 6) is -1.00. The van der Waals surface area contributed by atoms with Gasteiger partial charge in [-0.2, -0.15) is 10.4 Å². The molecule has 0 amide bonds. The number of rotatable bonds is 13. The summed E-state index contributed by atoms with van der Waals surface area (Å²) >= 11 is 0. The normalized spacial score (nSPS) is 27.5. The lowest BCUT2D eigenvalue weighted by Gasteiger charge is -2.41. The van der Waals surface area contributed by atoms with Crippen LogP contribution in [0, 0.1) is 22.2 Å². The third kappa shape index (κ3) is 9.01. The Morgan fingerprint density at radius 2 is 1.70 bits per heavy atom. The highest BCUT2D eigenvalue weighted by Gasteiger charge is 2.68. The molecule has 0 aromatic carbocycles. The lowest BCUT2D eigenvalue weighted by Crippen LogP contribution is -2.62. The van der Waals surface area contributed by atoms with Gasteiger partial charge < -0.3 is 34.7 Å². The van der Waals surface area contributed by atoms with Crippen LogP contribution < -0.4 is 15.9 Å². The maximum atomic E-state index is 14.2. The lowest BCUT2D eigenvalue weighted by atomic mass is 9.87. The van der Waals surface area contributed by atoms with Gasteiger partial charge in [-0.05, 0) is 68.4 Å². The van der Waals surface area contributed by atoms with Crippen LogP contribution in [-0.4, -0.2) is 94.8 Å². The van der Waals surface area contributed by atoms with Crippen molar-refractivity contribution in [3.8, 4) is 6.07 Å². The molecular formula is C29H48N7O9P. The van der Waals surface area contributed by atoms with Crippen molar-refractivity contribution in [3.63, 3.8) is 0 Å². The van der Waals surface area contributed by atoms with Crippen molar-refractivity contribution in [2.45, 2.75) is 97.9 Å².